The summed E-state index contributed by atoms with van der Waals surface area (Å²) in [5.41, 5.74) is 1.88. The zero-order chi connectivity index (χ0) is 21.1. The van der Waals surface area contributed by atoms with Crippen LogP contribution in [-0.4, -0.2) is 57.0 Å². The summed E-state index contributed by atoms with van der Waals surface area (Å²) in [6.07, 6.45) is 2.18. The van der Waals surface area contributed by atoms with Crippen molar-refractivity contribution in [1.29, 1.82) is 0 Å². The largest absolute Gasteiger partial charge is 0.334 e. The lowest BCUT2D eigenvalue weighted by atomic mass is 10.1. The van der Waals surface area contributed by atoms with Crippen molar-refractivity contribution < 1.29 is 14.0 Å². The van der Waals surface area contributed by atoms with Crippen molar-refractivity contribution in [3.8, 4) is 11.4 Å². The number of hydroxylamine groups is 1. The first-order chi connectivity index (χ1) is 14.5. The molecule has 1 amide bonds. The van der Waals surface area contributed by atoms with Gasteiger partial charge in [0.15, 0.2) is 17.5 Å². The van der Waals surface area contributed by atoms with Crippen LogP contribution >= 0.6 is 0 Å². The lowest BCUT2D eigenvalue weighted by molar-refractivity contribution is 0.0731. The lowest BCUT2D eigenvalue weighted by Crippen LogP contribution is -2.36. The lowest BCUT2D eigenvalue weighted by Gasteiger charge is -2.22. The average Bonchev–Trinajstić information content (AvgIpc) is 2.99. The molecule has 9 heteroatoms. The number of rotatable bonds is 3. The molecule has 1 aliphatic heterocycles. The summed E-state index contributed by atoms with van der Waals surface area (Å²) in [4.78, 5) is 37.6. The van der Waals surface area contributed by atoms with E-state index in [2.05, 4.69) is 19.9 Å². The number of carbonyl (C=O) groups excluding carboxylic acids is 1. The van der Waals surface area contributed by atoms with Gasteiger partial charge in [-0.25, -0.2) is 29.4 Å². The van der Waals surface area contributed by atoms with Gasteiger partial charge < -0.3 is 4.90 Å². The van der Waals surface area contributed by atoms with E-state index in [1.165, 1.54) is 0 Å². The summed E-state index contributed by atoms with van der Waals surface area (Å²) in [6, 6.07) is 8.92. The fourth-order valence-corrected chi connectivity index (χ4v) is 3.34. The second kappa shape index (κ2) is 8.50. The smallest absolute Gasteiger partial charge is 0.254 e. The van der Waals surface area contributed by atoms with Crippen LogP contribution < -0.4 is 5.06 Å². The molecule has 8 nitrogen and oxygen atoms in total. The van der Waals surface area contributed by atoms with Gasteiger partial charge in [-0.3, -0.25) is 9.63 Å². The molecule has 0 radical (unpaired) electrons. The number of nitrogens with zero attached hydrogens (tertiary/aromatic N) is 6. The number of hydrogen-bond acceptors (Lipinski definition) is 7. The van der Waals surface area contributed by atoms with Gasteiger partial charge in [-0.15, -0.1) is 0 Å². The molecule has 0 unspecified atom stereocenters. The van der Waals surface area contributed by atoms with Crippen LogP contribution in [0.4, 0.5) is 10.2 Å². The first-order valence-corrected chi connectivity index (χ1v) is 9.60. The van der Waals surface area contributed by atoms with Gasteiger partial charge in [-0.1, -0.05) is 18.2 Å². The standard InChI is InChI=1S/C21H21FN6O2/c1-14-11-19(26-15(2)25-14)28-8-7-27(9-10-30-28)21(29)18-6-4-3-5-17(18)20-23-12-16(22)13-24-20/h3-6,11-13H,7-10H2,1-2H3. The summed E-state index contributed by atoms with van der Waals surface area (Å²) in [5, 5.41) is 1.70. The third-order valence-corrected chi connectivity index (χ3v) is 4.70. The highest BCUT2D eigenvalue weighted by molar-refractivity contribution is 6.00. The van der Waals surface area contributed by atoms with Gasteiger partial charge in [-0.2, -0.15) is 0 Å². The topological polar surface area (TPSA) is 84.3 Å². The Morgan fingerprint density at radius 3 is 2.60 bits per heavy atom. The molecule has 3 heterocycles. The minimum absolute atomic E-state index is 0.154. The Hall–Kier alpha value is -3.46. The van der Waals surface area contributed by atoms with Crippen molar-refractivity contribution >= 4 is 11.7 Å². The van der Waals surface area contributed by atoms with Crippen LogP contribution in [0.2, 0.25) is 0 Å². The molecule has 0 aliphatic carbocycles. The zero-order valence-electron chi connectivity index (χ0n) is 16.7. The van der Waals surface area contributed by atoms with Crippen LogP contribution in [-0.2, 0) is 4.84 Å². The second-order valence-electron chi connectivity index (χ2n) is 6.91. The van der Waals surface area contributed by atoms with Crippen LogP contribution in [0.15, 0.2) is 42.7 Å². The Kier molecular flexibility index (Phi) is 5.62. The number of halogens is 1. The molecule has 4 rings (SSSR count). The fourth-order valence-electron chi connectivity index (χ4n) is 3.34. The van der Waals surface area contributed by atoms with E-state index in [1.54, 1.807) is 34.2 Å². The van der Waals surface area contributed by atoms with Crippen LogP contribution in [0, 0.1) is 19.7 Å². The number of aryl methyl sites for hydroxylation is 2. The van der Waals surface area contributed by atoms with Crippen molar-refractivity contribution in [3.05, 3.63) is 65.6 Å². The van der Waals surface area contributed by atoms with Crippen molar-refractivity contribution in [2.75, 3.05) is 31.3 Å². The first kappa shape index (κ1) is 19.8. The van der Waals surface area contributed by atoms with Crippen molar-refractivity contribution in [1.82, 2.24) is 24.8 Å². The summed E-state index contributed by atoms with van der Waals surface area (Å²) in [6.45, 7) is 5.43. The summed E-state index contributed by atoms with van der Waals surface area (Å²) in [7, 11) is 0. The average molecular weight is 408 g/mol. The van der Waals surface area contributed by atoms with E-state index < -0.39 is 5.82 Å². The Morgan fingerprint density at radius 2 is 1.83 bits per heavy atom. The van der Waals surface area contributed by atoms with E-state index in [0.717, 1.165) is 18.1 Å². The third-order valence-electron chi connectivity index (χ3n) is 4.70. The van der Waals surface area contributed by atoms with E-state index in [4.69, 9.17) is 4.84 Å². The maximum atomic E-state index is 13.3. The third kappa shape index (κ3) is 4.25. The number of amides is 1. The molecule has 0 saturated carbocycles. The molecule has 0 bridgehead atoms. The van der Waals surface area contributed by atoms with Gasteiger partial charge >= 0.3 is 0 Å². The van der Waals surface area contributed by atoms with Crippen LogP contribution in [0.1, 0.15) is 21.9 Å². The number of anilines is 1. The van der Waals surface area contributed by atoms with Crippen molar-refractivity contribution in [3.63, 3.8) is 0 Å². The quantitative estimate of drug-likeness (QED) is 0.659. The van der Waals surface area contributed by atoms with E-state index in [0.29, 0.717) is 54.8 Å². The molecule has 2 aromatic heterocycles. The number of carbonyl (C=O) groups is 1. The molecular formula is C21H21FN6O2. The minimum Gasteiger partial charge on any atom is -0.334 e. The molecule has 0 N–H and O–H groups in total. The van der Waals surface area contributed by atoms with Gasteiger partial charge in [0.2, 0.25) is 0 Å². The summed E-state index contributed by atoms with van der Waals surface area (Å²) >= 11 is 0. The van der Waals surface area contributed by atoms with Gasteiger partial charge in [-0.05, 0) is 19.9 Å². The highest BCUT2D eigenvalue weighted by Crippen LogP contribution is 2.22. The number of hydrogen-bond donors (Lipinski definition) is 0. The molecule has 1 fully saturated rings. The molecule has 1 aliphatic rings. The normalized spacial score (nSPS) is 14.5. The predicted molar refractivity (Wildman–Crippen MR) is 108 cm³/mol. The number of aromatic nitrogens is 4. The molecule has 0 atom stereocenters. The Balaban J connectivity index is 1.54. The van der Waals surface area contributed by atoms with Crippen LogP contribution in [0.5, 0.6) is 0 Å². The van der Waals surface area contributed by atoms with E-state index in [1.807, 2.05) is 19.9 Å². The molecule has 154 valence electrons. The fraction of sp³-hybridized carbons (Fsp3) is 0.286. The summed E-state index contributed by atoms with van der Waals surface area (Å²) in [5.74, 6) is 0.968. The molecule has 1 aromatic carbocycles. The molecule has 30 heavy (non-hydrogen) atoms. The van der Waals surface area contributed by atoms with Gasteiger partial charge in [0, 0.05) is 30.4 Å². The van der Waals surface area contributed by atoms with Gasteiger partial charge in [0.05, 0.1) is 31.1 Å². The highest BCUT2D eigenvalue weighted by atomic mass is 19.1. The maximum absolute atomic E-state index is 13.3. The predicted octanol–water partition coefficient (Wildman–Crippen LogP) is 2.58. The SMILES string of the molecule is Cc1cc(N2CCN(C(=O)c3ccccc3-c3ncc(F)cn3)CCO2)nc(C)n1. The molecule has 3 aromatic rings. The Labute approximate surface area is 173 Å². The van der Waals surface area contributed by atoms with Crippen LogP contribution in [0.3, 0.4) is 0 Å². The Morgan fingerprint density at radius 1 is 1.07 bits per heavy atom. The van der Waals surface area contributed by atoms with Crippen molar-refractivity contribution in [2.45, 2.75) is 13.8 Å². The monoisotopic (exact) mass is 408 g/mol. The zero-order valence-corrected chi connectivity index (χ0v) is 16.7. The summed E-state index contributed by atoms with van der Waals surface area (Å²) < 4.78 is 13.2. The maximum Gasteiger partial charge on any atom is 0.254 e. The number of benzene rings is 1. The van der Waals surface area contributed by atoms with Crippen molar-refractivity contribution in [2.24, 2.45) is 0 Å². The minimum atomic E-state index is -0.525. The van der Waals surface area contributed by atoms with E-state index in [-0.39, 0.29) is 5.91 Å². The molecule has 1 saturated heterocycles. The highest BCUT2D eigenvalue weighted by Gasteiger charge is 2.24. The van der Waals surface area contributed by atoms with E-state index in [9.17, 15) is 9.18 Å². The van der Waals surface area contributed by atoms with E-state index >= 15 is 0 Å². The van der Waals surface area contributed by atoms with Gasteiger partial charge in [0.1, 0.15) is 5.82 Å². The van der Waals surface area contributed by atoms with Gasteiger partial charge in [0.25, 0.3) is 5.91 Å². The first-order valence-electron chi connectivity index (χ1n) is 9.60. The Bertz CT molecular complexity index is 1040. The molecule has 0 spiro atoms. The van der Waals surface area contributed by atoms with Crippen LogP contribution in [0.25, 0.3) is 11.4 Å². The second-order valence-corrected chi connectivity index (χ2v) is 6.91. The molecular weight excluding hydrogens is 387 g/mol.